The van der Waals surface area contributed by atoms with Crippen LogP contribution >= 0.6 is 11.3 Å². The molecular formula is C10H6F2N2OS. The largest absolute Gasteiger partial charge is 0.316 e. The van der Waals surface area contributed by atoms with Crippen LogP contribution in [-0.4, -0.2) is 10.9 Å². The number of hydrogen-bond donors (Lipinski definition) is 1. The summed E-state index contributed by atoms with van der Waals surface area (Å²) in [7, 11) is 0. The fraction of sp³-hybridized carbons (Fsp3) is 0. The molecule has 1 heterocycles. The molecule has 0 aliphatic carbocycles. The maximum absolute atomic E-state index is 13.2. The van der Waals surface area contributed by atoms with E-state index in [4.69, 9.17) is 0 Å². The number of rotatable bonds is 2. The molecule has 0 radical (unpaired) electrons. The van der Waals surface area contributed by atoms with Gasteiger partial charge in [0.1, 0.15) is 22.2 Å². The maximum Gasteiger partial charge on any atom is 0.267 e. The van der Waals surface area contributed by atoms with Gasteiger partial charge in [0.2, 0.25) is 0 Å². The Labute approximate surface area is 93.8 Å². The van der Waals surface area contributed by atoms with Gasteiger partial charge in [-0.15, -0.1) is 11.3 Å². The van der Waals surface area contributed by atoms with E-state index in [1.54, 1.807) is 0 Å². The van der Waals surface area contributed by atoms with Gasteiger partial charge in [0.05, 0.1) is 11.7 Å². The van der Waals surface area contributed by atoms with Crippen molar-refractivity contribution in [2.75, 3.05) is 5.32 Å². The lowest BCUT2D eigenvalue weighted by Crippen LogP contribution is -2.12. The van der Waals surface area contributed by atoms with Crippen LogP contribution in [0.25, 0.3) is 0 Å². The first-order chi connectivity index (χ1) is 7.68. The molecule has 0 saturated heterocycles. The van der Waals surface area contributed by atoms with Crippen molar-refractivity contribution < 1.29 is 13.6 Å². The molecule has 0 fully saturated rings. The number of amides is 1. The van der Waals surface area contributed by atoms with E-state index < -0.39 is 23.2 Å². The number of para-hydroxylation sites is 1. The molecule has 0 aliphatic rings. The highest BCUT2D eigenvalue weighted by molar-refractivity contribution is 7.11. The van der Waals surface area contributed by atoms with Crippen LogP contribution in [0.15, 0.2) is 29.9 Å². The van der Waals surface area contributed by atoms with Gasteiger partial charge in [0, 0.05) is 0 Å². The van der Waals surface area contributed by atoms with Gasteiger partial charge in [-0.25, -0.2) is 8.78 Å². The second-order valence-electron chi connectivity index (χ2n) is 2.92. The van der Waals surface area contributed by atoms with Crippen molar-refractivity contribution in [1.29, 1.82) is 0 Å². The summed E-state index contributed by atoms with van der Waals surface area (Å²) in [6, 6.07) is 3.38. The third-order valence-electron chi connectivity index (χ3n) is 1.86. The topological polar surface area (TPSA) is 42.0 Å². The predicted molar refractivity (Wildman–Crippen MR) is 56.4 cm³/mol. The Balaban J connectivity index is 2.25. The monoisotopic (exact) mass is 240 g/mol. The summed E-state index contributed by atoms with van der Waals surface area (Å²) < 4.78 is 26.4. The minimum absolute atomic E-state index is 0.294. The Bertz CT molecular complexity index is 493. The maximum atomic E-state index is 13.2. The van der Waals surface area contributed by atoms with Crippen LogP contribution in [0.1, 0.15) is 9.67 Å². The van der Waals surface area contributed by atoms with Gasteiger partial charge in [0.25, 0.3) is 5.91 Å². The Kier molecular flexibility index (Phi) is 2.91. The van der Waals surface area contributed by atoms with Gasteiger partial charge < -0.3 is 5.32 Å². The van der Waals surface area contributed by atoms with Crippen molar-refractivity contribution in [3.63, 3.8) is 0 Å². The van der Waals surface area contributed by atoms with E-state index in [1.807, 2.05) is 0 Å². The van der Waals surface area contributed by atoms with E-state index >= 15 is 0 Å². The average Bonchev–Trinajstić information content (AvgIpc) is 2.76. The second kappa shape index (κ2) is 4.36. The zero-order valence-electron chi connectivity index (χ0n) is 7.91. The first kappa shape index (κ1) is 10.7. The molecule has 1 amide bonds. The highest BCUT2D eigenvalue weighted by Gasteiger charge is 2.13. The van der Waals surface area contributed by atoms with Crippen LogP contribution in [0, 0.1) is 11.6 Å². The predicted octanol–water partition coefficient (Wildman–Crippen LogP) is 2.67. The number of benzene rings is 1. The zero-order chi connectivity index (χ0) is 11.5. The molecule has 6 heteroatoms. The lowest BCUT2D eigenvalue weighted by atomic mass is 10.3. The van der Waals surface area contributed by atoms with Crippen molar-refractivity contribution in [3.8, 4) is 0 Å². The number of halogens is 2. The number of thiazole rings is 1. The third kappa shape index (κ3) is 2.06. The number of carbonyl (C=O) groups is 1. The summed E-state index contributed by atoms with van der Waals surface area (Å²) >= 11 is 1.09. The van der Waals surface area contributed by atoms with Gasteiger partial charge >= 0.3 is 0 Å². The number of hydrogen-bond acceptors (Lipinski definition) is 3. The third-order valence-corrected chi connectivity index (χ3v) is 2.63. The lowest BCUT2D eigenvalue weighted by Gasteiger charge is -2.05. The molecular weight excluding hydrogens is 234 g/mol. The summed E-state index contributed by atoms with van der Waals surface area (Å²) in [6.07, 6.45) is 1.33. The number of nitrogens with zero attached hydrogens (tertiary/aromatic N) is 1. The minimum atomic E-state index is -0.808. The summed E-state index contributed by atoms with van der Waals surface area (Å²) in [5.41, 5.74) is 1.02. The molecule has 0 aliphatic heterocycles. The SMILES string of the molecule is O=C(Nc1c(F)cccc1F)c1cncs1. The van der Waals surface area contributed by atoms with E-state index in [1.165, 1.54) is 17.8 Å². The smallest absolute Gasteiger partial charge is 0.267 e. The molecule has 0 saturated carbocycles. The Hall–Kier alpha value is -1.82. The molecule has 1 aromatic carbocycles. The minimum Gasteiger partial charge on any atom is -0.316 e. The molecule has 1 N–H and O–H groups in total. The highest BCUT2D eigenvalue weighted by Crippen LogP contribution is 2.19. The standard InChI is InChI=1S/C10H6F2N2OS/c11-6-2-1-3-7(12)9(6)14-10(15)8-4-13-5-16-8/h1-5H,(H,14,15). The van der Waals surface area contributed by atoms with Crippen molar-refractivity contribution in [2.24, 2.45) is 0 Å². The van der Waals surface area contributed by atoms with E-state index in [9.17, 15) is 13.6 Å². The number of carbonyl (C=O) groups excluding carboxylic acids is 1. The average molecular weight is 240 g/mol. The molecule has 82 valence electrons. The number of anilines is 1. The van der Waals surface area contributed by atoms with E-state index in [2.05, 4.69) is 10.3 Å². The molecule has 3 nitrogen and oxygen atoms in total. The molecule has 2 aromatic rings. The molecule has 0 unspecified atom stereocenters. The van der Waals surface area contributed by atoms with Gasteiger partial charge in [0.15, 0.2) is 0 Å². The van der Waals surface area contributed by atoms with Gasteiger partial charge in [-0.3, -0.25) is 9.78 Å². The second-order valence-corrected chi connectivity index (χ2v) is 3.80. The van der Waals surface area contributed by atoms with Gasteiger partial charge in [-0.2, -0.15) is 0 Å². The normalized spacial score (nSPS) is 10.1. The van der Waals surface area contributed by atoms with E-state index in [-0.39, 0.29) is 0 Å². The van der Waals surface area contributed by atoms with Crippen molar-refractivity contribution >= 4 is 22.9 Å². The molecule has 0 bridgehead atoms. The Morgan fingerprint density at radius 2 is 2.00 bits per heavy atom. The fourth-order valence-electron chi connectivity index (χ4n) is 1.12. The van der Waals surface area contributed by atoms with Gasteiger partial charge in [-0.05, 0) is 12.1 Å². The zero-order valence-corrected chi connectivity index (χ0v) is 8.72. The van der Waals surface area contributed by atoms with Crippen molar-refractivity contribution in [1.82, 2.24) is 4.98 Å². The Morgan fingerprint density at radius 1 is 1.31 bits per heavy atom. The summed E-state index contributed by atoms with van der Waals surface area (Å²) in [6.45, 7) is 0. The summed E-state index contributed by atoms with van der Waals surface area (Å²) in [4.78, 5) is 15.5. The van der Waals surface area contributed by atoms with Crippen molar-refractivity contribution in [3.05, 3.63) is 46.4 Å². The number of nitrogens with one attached hydrogen (secondary N) is 1. The molecule has 0 spiro atoms. The molecule has 1 aromatic heterocycles. The van der Waals surface area contributed by atoms with Crippen LogP contribution < -0.4 is 5.32 Å². The first-order valence-electron chi connectivity index (χ1n) is 4.32. The lowest BCUT2D eigenvalue weighted by molar-refractivity contribution is 0.102. The molecule has 2 rings (SSSR count). The molecule has 0 atom stereocenters. The highest BCUT2D eigenvalue weighted by atomic mass is 32.1. The number of aromatic nitrogens is 1. The van der Waals surface area contributed by atoms with Gasteiger partial charge in [-0.1, -0.05) is 6.07 Å². The van der Waals surface area contributed by atoms with E-state index in [0.29, 0.717) is 4.88 Å². The quantitative estimate of drug-likeness (QED) is 0.876. The summed E-state index contributed by atoms with van der Waals surface area (Å²) in [5, 5.41) is 2.16. The van der Waals surface area contributed by atoms with Crippen LogP contribution in [0.2, 0.25) is 0 Å². The van der Waals surface area contributed by atoms with E-state index in [0.717, 1.165) is 23.5 Å². The first-order valence-corrected chi connectivity index (χ1v) is 5.20. The summed E-state index contributed by atoms with van der Waals surface area (Å²) in [5.74, 6) is -2.19. The Morgan fingerprint density at radius 3 is 2.56 bits per heavy atom. The molecule has 16 heavy (non-hydrogen) atoms. The van der Waals surface area contributed by atoms with Crippen LogP contribution in [0.4, 0.5) is 14.5 Å². The van der Waals surface area contributed by atoms with Crippen LogP contribution in [0.3, 0.4) is 0 Å². The van der Waals surface area contributed by atoms with Crippen LogP contribution in [-0.2, 0) is 0 Å². The fourth-order valence-corrected chi connectivity index (χ4v) is 1.64. The van der Waals surface area contributed by atoms with Crippen LogP contribution in [0.5, 0.6) is 0 Å². The van der Waals surface area contributed by atoms with Crippen molar-refractivity contribution in [2.45, 2.75) is 0 Å².